The molecule has 82 valence electrons. The Balaban J connectivity index is 2.50. The Morgan fingerprint density at radius 3 is 2.12 bits per heavy atom. The van der Waals surface area contributed by atoms with Crippen molar-refractivity contribution >= 4 is 11.6 Å². The van der Waals surface area contributed by atoms with Crippen molar-refractivity contribution in [3.05, 3.63) is 58.6 Å². The quantitative estimate of drug-likeness (QED) is 0.682. The molecule has 2 rings (SSSR count). The van der Waals surface area contributed by atoms with Crippen LogP contribution in [0.3, 0.4) is 0 Å². The average molecular weight is 239 g/mol. The molecule has 0 aromatic heterocycles. The van der Waals surface area contributed by atoms with Crippen LogP contribution in [0, 0.1) is 18.6 Å². The topological polar surface area (TPSA) is 0 Å². The summed E-state index contributed by atoms with van der Waals surface area (Å²) in [5.41, 5.74) is 2.36. The van der Waals surface area contributed by atoms with Gasteiger partial charge < -0.3 is 0 Å². The lowest BCUT2D eigenvalue weighted by Gasteiger charge is -2.05. The summed E-state index contributed by atoms with van der Waals surface area (Å²) in [5.74, 6) is -1.68. The first-order chi connectivity index (χ1) is 7.58. The van der Waals surface area contributed by atoms with E-state index in [-0.39, 0.29) is 0 Å². The normalized spacial score (nSPS) is 10.5. The molecule has 0 heterocycles. The van der Waals surface area contributed by atoms with Crippen LogP contribution in [0.4, 0.5) is 8.78 Å². The Bertz CT molecular complexity index is 486. The number of hydrogen-bond donors (Lipinski definition) is 0. The van der Waals surface area contributed by atoms with Gasteiger partial charge in [-0.25, -0.2) is 8.78 Å². The van der Waals surface area contributed by atoms with Crippen LogP contribution >= 0.6 is 11.6 Å². The average Bonchev–Trinajstić information content (AvgIpc) is 2.26. The van der Waals surface area contributed by atoms with E-state index in [0.29, 0.717) is 10.6 Å². The molecule has 0 spiro atoms. The van der Waals surface area contributed by atoms with Crippen molar-refractivity contribution < 1.29 is 8.78 Å². The van der Waals surface area contributed by atoms with E-state index in [2.05, 4.69) is 0 Å². The van der Waals surface area contributed by atoms with Crippen molar-refractivity contribution in [2.75, 3.05) is 0 Å². The lowest BCUT2D eigenvalue weighted by atomic mass is 10.0. The standard InChI is InChI=1S/C13H9ClF2/c1-8-6-9(2-4-11(8)14)10-3-5-12(15)13(16)7-10/h2-7H,1H3. The van der Waals surface area contributed by atoms with Crippen molar-refractivity contribution in [2.45, 2.75) is 6.92 Å². The molecule has 0 amide bonds. The lowest BCUT2D eigenvalue weighted by molar-refractivity contribution is 0.509. The van der Waals surface area contributed by atoms with Gasteiger partial charge in [-0.1, -0.05) is 23.7 Å². The van der Waals surface area contributed by atoms with E-state index >= 15 is 0 Å². The first-order valence-electron chi connectivity index (χ1n) is 4.79. The SMILES string of the molecule is Cc1cc(-c2ccc(F)c(F)c2)ccc1Cl. The van der Waals surface area contributed by atoms with Crippen LogP contribution in [0.2, 0.25) is 5.02 Å². The third-order valence-corrected chi connectivity index (χ3v) is 2.83. The van der Waals surface area contributed by atoms with Crippen LogP contribution in [0.25, 0.3) is 11.1 Å². The highest BCUT2D eigenvalue weighted by Gasteiger charge is 2.05. The Morgan fingerprint density at radius 2 is 1.50 bits per heavy atom. The highest BCUT2D eigenvalue weighted by Crippen LogP contribution is 2.25. The molecule has 16 heavy (non-hydrogen) atoms. The van der Waals surface area contributed by atoms with E-state index < -0.39 is 11.6 Å². The summed E-state index contributed by atoms with van der Waals surface area (Å²) >= 11 is 5.89. The van der Waals surface area contributed by atoms with Crippen LogP contribution in [0.15, 0.2) is 36.4 Å². The van der Waals surface area contributed by atoms with E-state index in [9.17, 15) is 8.78 Å². The zero-order valence-electron chi connectivity index (χ0n) is 8.60. The molecule has 3 heteroatoms. The largest absolute Gasteiger partial charge is 0.204 e. The summed E-state index contributed by atoms with van der Waals surface area (Å²) < 4.78 is 25.8. The zero-order valence-corrected chi connectivity index (χ0v) is 9.35. The highest BCUT2D eigenvalue weighted by molar-refractivity contribution is 6.31. The van der Waals surface area contributed by atoms with Crippen molar-refractivity contribution in [1.29, 1.82) is 0 Å². The number of aryl methyl sites for hydroxylation is 1. The molecular formula is C13H9ClF2. The van der Waals surface area contributed by atoms with Crippen molar-refractivity contribution in [1.82, 2.24) is 0 Å². The van der Waals surface area contributed by atoms with Crippen molar-refractivity contribution in [3.8, 4) is 11.1 Å². The zero-order chi connectivity index (χ0) is 11.7. The molecule has 0 atom stereocenters. The van der Waals surface area contributed by atoms with E-state index in [1.54, 1.807) is 18.2 Å². The minimum absolute atomic E-state index is 0.638. The molecule has 0 aliphatic carbocycles. The van der Waals surface area contributed by atoms with Crippen molar-refractivity contribution in [2.24, 2.45) is 0 Å². The fraction of sp³-hybridized carbons (Fsp3) is 0.0769. The molecule has 0 aliphatic heterocycles. The van der Waals surface area contributed by atoms with Crippen molar-refractivity contribution in [3.63, 3.8) is 0 Å². The fourth-order valence-electron chi connectivity index (χ4n) is 1.50. The van der Waals surface area contributed by atoms with Gasteiger partial charge in [0.1, 0.15) is 0 Å². The molecular weight excluding hydrogens is 230 g/mol. The molecule has 0 saturated carbocycles. The Kier molecular flexibility index (Phi) is 2.92. The fourth-order valence-corrected chi connectivity index (χ4v) is 1.62. The maximum atomic E-state index is 13.0. The molecule has 0 aliphatic rings. The van der Waals surface area contributed by atoms with E-state index in [4.69, 9.17) is 11.6 Å². The van der Waals surface area contributed by atoms with Gasteiger partial charge in [-0.3, -0.25) is 0 Å². The predicted octanol–water partition coefficient (Wildman–Crippen LogP) is 4.59. The first kappa shape index (κ1) is 11.1. The third kappa shape index (κ3) is 2.07. The summed E-state index contributed by atoms with van der Waals surface area (Å²) in [6.07, 6.45) is 0. The number of hydrogen-bond acceptors (Lipinski definition) is 0. The van der Waals surface area contributed by atoms with Gasteiger partial charge in [-0.15, -0.1) is 0 Å². The molecule has 0 nitrogen and oxygen atoms in total. The molecule has 2 aromatic rings. The molecule has 0 unspecified atom stereocenters. The molecule has 0 bridgehead atoms. The lowest BCUT2D eigenvalue weighted by Crippen LogP contribution is -1.86. The monoisotopic (exact) mass is 238 g/mol. The number of halogens is 3. The van der Waals surface area contributed by atoms with Gasteiger partial charge in [-0.2, -0.15) is 0 Å². The van der Waals surface area contributed by atoms with Gasteiger partial charge in [0.05, 0.1) is 0 Å². The van der Waals surface area contributed by atoms with Gasteiger partial charge in [-0.05, 0) is 47.9 Å². The van der Waals surface area contributed by atoms with Gasteiger partial charge in [0.15, 0.2) is 11.6 Å². The Morgan fingerprint density at radius 1 is 0.875 bits per heavy atom. The smallest absolute Gasteiger partial charge is 0.159 e. The molecule has 0 N–H and O–H groups in total. The third-order valence-electron chi connectivity index (χ3n) is 2.41. The van der Waals surface area contributed by atoms with Gasteiger partial charge >= 0.3 is 0 Å². The molecule has 0 radical (unpaired) electrons. The minimum Gasteiger partial charge on any atom is -0.204 e. The summed E-state index contributed by atoms with van der Waals surface area (Å²) in [4.78, 5) is 0. The van der Waals surface area contributed by atoms with Gasteiger partial charge in [0.2, 0.25) is 0 Å². The summed E-state index contributed by atoms with van der Waals surface area (Å²) in [7, 11) is 0. The summed E-state index contributed by atoms with van der Waals surface area (Å²) in [6.45, 7) is 1.87. The molecule has 0 fully saturated rings. The second-order valence-electron chi connectivity index (χ2n) is 3.59. The number of rotatable bonds is 1. The van der Waals surface area contributed by atoms with E-state index in [1.807, 2.05) is 13.0 Å². The minimum atomic E-state index is -0.842. The summed E-state index contributed by atoms with van der Waals surface area (Å²) in [5, 5.41) is 0.659. The van der Waals surface area contributed by atoms with Crippen LogP contribution in [-0.4, -0.2) is 0 Å². The summed E-state index contributed by atoms with van der Waals surface area (Å²) in [6, 6.07) is 9.21. The number of benzene rings is 2. The van der Waals surface area contributed by atoms with Crippen LogP contribution < -0.4 is 0 Å². The second-order valence-corrected chi connectivity index (χ2v) is 4.00. The van der Waals surface area contributed by atoms with Crippen LogP contribution in [0.5, 0.6) is 0 Å². The highest BCUT2D eigenvalue weighted by atomic mass is 35.5. The van der Waals surface area contributed by atoms with E-state index in [1.165, 1.54) is 6.07 Å². The van der Waals surface area contributed by atoms with Gasteiger partial charge in [0, 0.05) is 5.02 Å². The van der Waals surface area contributed by atoms with E-state index in [0.717, 1.165) is 17.2 Å². The molecule has 2 aromatic carbocycles. The van der Waals surface area contributed by atoms with Crippen LogP contribution in [-0.2, 0) is 0 Å². The maximum absolute atomic E-state index is 13.0. The Labute approximate surface area is 97.5 Å². The van der Waals surface area contributed by atoms with Gasteiger partial charge in [0.25, 0.3) is 0 Å². The molecule has 0 saturated heterocycles. The Hall–Kier alpha value is -1.41. The second kappa shape index (κ2) is 4.22. The predicted molar refractivity (Wildman–Crippen MR) is 61.5 cm³/mol. The maximum Gasteiger partial charge on any atom is 0.159 e. The first-order valence-corrected chi connectivity index (χ1v) is 5.17. The van der Waals surface area contributed by atoms with Crippen LogP contribution in [0.1, 0.15) is 5.56 Å².